The molecule has 2 N–H and O–H groups in total. The van der Waals surface area contributed by atoms with Crippen molar-refractivity contribution in [2.45, 2.75) is 6.92 Å². The van der Waals surface area contributed by atoms with Crippen molar-refractivity contribution in [1.29, 1.82) is 0 Å². The molecule has 0 unspecified atom stereocenters. The van der Waals surface area contributed by atoms with Crippen molar-refractivity contribution < 1.29 is 14.3 Å². The van der Waals surface area contributed by atoms with E-state index < -0.39 is 0 Å². The van der Waals surface area contributed by atoms with Crippen molar-refractivity contribution in [3.8, 4) is 28.3 Å². The third-order valence-electron chi connectivity index (χ3n) is 4.47. The van der Waals surface area contributed by atoms with Gasteiger partial charge in [0.1, 0.15) is 11.6 Å². The number of carbonyl (C=O) groups excluding carboxylic acids is 1. The summed E-state index contributed by atoms with van der Waals surface area (Å²) in [6.07, 6.45) is 1.43. The molecule has 0 radical (unpaired) electrons. The minimum absolute atomic E-state index is 0.258. The summed E-state index contributed by atoms with van der Waals surface area (Å²) < 4.78 is 10.5. The van der Waals surface area contributed by atoms with E-state index in [0.29, 0.717) is 35.0 Å². The Kier molecular flexibility index (Phi) is 4.82. The molecule has 146 valence electrons. The van der Waals surface area contributed by atoms with Crippen LogP contribution in [0.4, 0.5) is 0 Å². The predicted molar refractivity (Wildman–Crippen MR) is 108 cm³/mol. The fraction of sp³-hybridized carbons (Fsp3) is 0.143. The lowest BCUT2D eigenvalue weighted by molar-refractivity contribution is 0.0600. The van der Waals surface area contributed by atoms with E-state index in [4.69, 9.17) is 9.47 Å². The van der Waals surface area contributed by atoms with Gasteiger partial charge in [-0.15, -0.1) is 0 Å². The summed E-state index contributed by atoms with van der Waals surface area (Å²) in [4.78, 5) is 37.9. The fourth-order valence-corrected chi connectivity index (χ4v) is 3.06. The van der Waals surface area contributed by atoms with Crippen LogP contribution >= 0.6 is 0 Å². The number of aromatic amines is 2. The highest BCUT2D eigenvalue weighted by Crippen LogP contribution is 2.33. The second-order valence-corrected chi connectivity index (χ2v) is 6.23. The second kappa shape index (κ2) is 7.59. The summed E-state index contributed by atoms with van der Waals surface area (Å²) >= 11 is 0. The number of methoxy groups -OCH3 is 1. The minimum atomic E-state index is -0.383. The van der Waals surface area contributed by atoms with E-state index in [1.165, 1.54) is 13.4 Å². The minimum Gasteiger partial charge on any atom is -0.493 e. The molecule has 0 atom stereocenters. The SMILES string of the molecule is CCOc1cc(-c2ccc(C(=O)OC)cc2)ccc1-c1nc2[nH]cnc2c(=O)[nH]1. The van der Waals surface area contributed by atoms with Crippen LogP contribution in [0.1, 0.15) is 17.3 Å². The average molecular weight is 390 g/mol. The molecule has 0 bridgehead atoms. The number of benzene rings is 2. The molecule has 0 saturated carbocycles. The number of fused-ring (bicyclic) bond motifs is 1. The summed E-state index contributed by atoms with van der Waals surface area (Å²) in [7, 11) is 1.35. The molecule has 0 aliphatic carbocycles. The van der Waals surface area contributed by atoms with Gasteiger partial charge in [-0.3, -0.25) is 4.79 Å². The number of rotatable bonds is 5. The Bertz CT molecular complexity index is 1240. The molecule has 4 aromatic rings. The Balaban J connectivity index is 1.76. The standard InChI is InChI=1S/C21H18N4O4/c1-3-29-16-10-14(12-4-6-13(7-5-12)21(27)28-2)8-9-15(16)18-24-19-17(20(26)25-18)22-11-23-19/h4-11H,3H2,1-2H3,(H2,22,23,24,25,26). The number of hydrogen-bond acceptors (Lipinski definition) is 6. The first-order chi connectivity index (χ1) is 14.1. The summed E-state index contributed by atoms with van der Waals surface area (Å²) in [5.41, 5.74) is 3.30. The zero-order valence-corrected chi connectivity index (χ0v) is 15.9. The smallest absolute Gasteiger partial charge is 0.337 e. The van der Waals surface area contributed by atoms with Gasteiger partial charge in [0.15, 0.2) is 11.2 Å². The van der Waals surface area contributed by atoms with Gasteiger partial charge in [-0.1, -0.05) is 18.2 Å². The van der Waals surface area contributed by atoms with Crippen molar-refractivity contribution >= 4 is 17.1 Å². The largest absolute Gasteiger partial charge is 0.493 e. The quantitative estimate of drug-likeness (QED) is 0.507. The lowest BCUT2D eigenvalue weighted by Crippen LogP contribution is -2.10. The molecular formula is C21H18N4O4. The highest BCUT2D eigenvalue weighted by molar-refractivity contribution is 5.90. The topological polar surface area (TPSA) is 110 Å². The highest BCUT2D eigenvalue weighted by atomic mass is 16.5. The van der Waals surface area contributed by atoms with Crippen LogP contribution in [0.15, 0.2) is 53.6 Å². The van der Waals surface area contributed by atoms with E-state index in [9.17, 15) is 9.59 Å². The fourth-order valence-electron chi connectivity index (χ4n) is 3.06. The molecule has 2 heterocycles. The van der Waals surface area contributed by atoms with Crippen LogP contribution in [0.3, 0.4) is 0 Å². The van der Waals surface area contributed by atoms with Crippen molar-refractivity contribution in [3.63, 3.8) is 0 Å². The zero-order chi connectivity index (χ0) is 20.4. The second-order valence-electron chi connectivity index (χ2n) is 6.23. The van der Waals surface area contributed by atoms with Gasteiger partial charge in [0.25, 0.3) is 5.56 Å². The van der Waals surface area contributed by atoms with Gasteiger partial charge in [-0.05, 0) is 42.3 Å². The summed E-state index contributed by atoms with van der Waals surface area (Å²) in [6, 6.07) is 12.7. The maximum absolute atomic E-state index is 12.2. The van der Waals surface area contributed by atoms with Crippen LogP contribution in [0.5, 0.6) is 5.75 Å². The summed E-state index contributed by atoms with van der Waals surface area (Å²) in [6.45, 7) is 2.34. The molecule has 0 aliphatic rings. The van der Waals surface area contributed by atoms with Crippen LogP contribution in [0.2, 0.25) is 0 Å². The number of hydrogen-bond donors (Lipinski definition) is 2. The predicted octanol–water partition coefficient (Wildman–Crippen LogP) is 3.17. The van der Waals surface area contributed by atoms with Crippen molar-refractivity contribution in [2.75, 3.05) is 13.7 Å². The first-order valence-electron chi connectivity index (χ1n) is 9.00. The number of carbonyl (C=O) groups is 1. The lowest BCUT2D eigenvalue weighted by atomic mass is 10.0. The molecule has 29 heavy (non-hydrogen) atoms. The van der Waals surface area contributed by atoms with E-state index >= 15 is 0 Å². The molecule has 0 amide bonds. The molecule has 2 aromatic heterocycles. The number of H-pyrrole nitrogens is 2. The summed E-state index contributed by atoms with van der Waals surface area (Å²) in [5, 5.41) is 0. The van der Waals surface area contributed by atoms with E-state index in [2.05, 4.69) is 19.9 Å². The van der Waals surface area contributed by atoms with E-state index in [1.54, 1.807) is 12.1 Å². The monoisotopic (exact) mass is 390 g/mol. The van der Waals surface area contributed by atoms with Gasteiger partial charge in [0, 0.05) is 0 Å². The molecule has 0 aliphatic heterocycles. The Morgan fingerprint density at radius 3 is 2.59 bits per heavy atom. The van der Waals surface area contributed by atoms with Crippen LogP contribution in [-0.2, 0) is 4.74 Å². The Hall–Kier alpha value is -3.94. The van der Waals surface area contributed by atoms with Crippen molar-refractivity contribution in [1.82, 2.24) is 19.9 Å². The van der Waals surface area contributed by atoms with Crippen LogP contribution < -0.4 is 10.3 Å². The molecule has 0 saturated heterocycles. The number of esters is 1. The normalized spacial score (nSPS) is 10.8. The number of nitrogens with zero attached hydrogens (tertiary/aromatic N) is 2. The van der Waals surface area contributed by atoms with Gasteiger partial charge in [0.2, 0.25) is 0 Å². The number of ether oxygens (including phenoxy) is 2. The first kappa shape index (κ1) is 18.4. The van der Waals surface area contributed by atoms with Crippen LogP contribution in [-0.4, -0.2) is 39.6 Å². The van der Waals surface area contributed by atoms with E-state index in [1.807, 2.05) is 37.3 Å². The molecule has 2 aromatic carbocycles. The van der Waals surface area contributed by atoms with E-state index in [-0.39, 0.29) is 17.0 Å². The van der Waals surface area contributed by atoms with Crippen molar-refractivity contribution in [2.24, 2.45) is 0 Å². The van der Waals surface area contributed by atoms with Gasteiger partial charge in [-0.25, -0.2) is 14.8 Å². The number of imidazole rings is 1. The molecular weight excluding hydrogens is 372 g/mol. The zero-order valence-electron chi connectivity index (χ0n) is 15.9. The van der Waals surface area contributed by atoms with E-state index in [0.717, 1.165) is 11.1 Å². The van der Waals surface area contributed by atoms with Crippen molar-refractivity contribution in [3.05, 3.63) is 64.7 Å². The molecule has 0 spiro atoms. The maximum atomic E-state index is 12.2. The Labute approximate surface area is 165 Å². The third kappa shape index (κ3) is 3.47. The van der Waals surface area contributed by atoms with Gasteiger partial charge in [-0.2, -0.15) is 0 Å². The molecule has 0 fully saturated rings. The Morgan fingerprint density at radius 2 is 1.86 bits per heavy atom. The molecule has 8 heteroatoms. The lowest BCUT2D eigenvalue weighted by Gasteiger charge is -2.12. The Morgan fingerprint density at radius 1 is 1.10 bits per heavy atom. The summed E-state index contributed by atoms with van der Waals surface area (Å²) in [5.74, 6) is 0.595. The average Bonchev–Trinajstić information content (AvgIpc) is 3.23. The van der Waals surface area contributed by atoms with Crippen LogP contribution in [0, 0.1) is 0 Å². The molecule has 8 nitrogen and oxygen atoms in total. The van der Waals surface area contributed by atoms with Crippen LogP contribution in [0.25, 0.3) is 33.7 Å². The highest BCUT2D eigenvalue weighted by Gasteiger charge is 2.14. The van der Waals surface area contributed by atoms with Gasteiger partial charge < -0.3 is 19.4 Å². The third-order valence-corrected chi connectivity index (χ3v) is 4.47. The van der Waals surface area contributed by atoms with Gasteiger partial charge >= 0.3 is 5.97 Å². The number of aromatic nitrogens is 4. The first-order valence-corrected chi connectivity index (χ1v) is 9.00. The molecule has 4 rings (SSSR count). The van der Waals surface area contributed by atoms with Gasteiger partial charge in [0.05, 0.1) is 31.2 Å². The maximum Gasteiger partial charge on any atom is 0.337 e. The number of nitrogens with one attached hydrogen (secondary N) is 2.